The first-order valence-electron chi connectivity index (χ1n) is 9.49. The van der Waals surface area contributed by atoms with Gasteiger partial charge in [0.1, 0.15) is 0 Å². The molecule has 28 heavy (non-hydrogen) atoms. The summed E-state index contributed by atoms with van der Waals surface area (Å²) in [7, 11) is -3.61. The zero-order valence-corrected chi connectivity index (χ0v) is 17.7. The Balaban J connectivity index is 0.00000280. The number of halogens is 1. The molecule has 2 saturated heterocycles. The summed E-state index contributed by atoms with van der Waals surface area (Å²) in [6, 6.07) is 4.85. The van der Waals surface area contributed by atoms with E-state index in [0.717, 1.165) is 25.1 Å². The first-order valence-corrected chi connectivity index (χ1v) is 10.9. The van der Waals surface area contributed by atoms with Gasteiger partial charge in [0.25, 0.3) is 0 Å². The average molecular weight is 433 g/mol. The molecule has 2 aliphatic heterocycles. The van der Waals surface area contributed by atoms with Crippen LogP contribution in [0.2, 0.25) is 0 Å². The maximum Gasteiger partial charge on any atom is 0.243 e. The lowest BCUT2D eigenvalue weighted by molar-refractivity contribution is -0.120. The van der Waals surface area contributed by atoms with Crippen LogP contribution in [0.1, 0.15) is 19.8 Å². The Labute approximate surface area is 172 Å². The second-order valence-corrected chi connectivity index (χ2v) is 8.72. The summed E-state index contributed by atoms with van der Waals surface area (Å²) in [5.74, 6) is -0.185. The van der Waals surface area contributed by atoms with E-state index in [4.69, 9.17) is 4.74 Å². The Hall–Kier alpha value is -1.39. The molecular weight excluding hydrogens is 404 g/mol. The summed E-state index contributed by atoms with van der Waals surface area (Å²) in [6.07, 6.45) is 1.80. The maximum absolute atomic E-state index is 12.9. The van der Waals surface area contributed by atoms with Gasteiger partial charge in [-0.2, -0.15) is 4.31 Å². The molecule has 8 nitrogen and oxygen atoms in total. The number of rotatable bonds is 6. The molecule has 0 aliphatic carbocycles. The molecule has 1 unspecified atom stereocenters. The van der Waals surface area contributed by atoms with Crippen LogP contribution in [0.5, 0.6) is 0 Å². The van der Waals surface area contributed by atoms with E-state index in [-0.39, 0.29) is 29.1 Å². The van der Waals surface area contributed by atoms with E-state index in [1.54, 1.807) is 18.2 Å². The Kier molecular flexibility index (Phi) is 8.51. The number of sulfonamides is 1. The van der Waals surface area contributed by atoms with E-state index < -0.39 is 10.0 Å². The van der Waals surface area contributed by atoms with E-state index in [1.807, 2.05) is 6.92 Å². The largest absolute Gasteiger partial charge is 0.384 e. The lowest BCUT2D eigenvalue weighted by Gasteiger charge is -2.27. The van der Waals surface area contributed by atoms with E-state index in [1.165, 1.54) is 4.31 Å². The Bertz CT molecular complexity index is 763. The number of anilines is 2. The molecule has 2 fully saturated rings. The summed E-state index contributed by atoms with van der Waals surface area (Å²) < 4.78 is 32.5. The minimum absolute atomic E-state index is 0. The lowest BCUT2D eigenvalue weighted by atomic mass is 9.99. The predicted molar refractivity (Wildman–Crippen MR) is 112 cm³/mol. The van der Waals surface area contributed by atoms with Gasteiger partial charge in [-0.05, 0) is 44.5 Å². The second kappa shape index (κ2) is 10.4. The van der Waals surface area contributed by atoms with E-state index >= 15 is 0 Å². The fourth-order valence-corrected chi connectivity index (χ4v) is 4.81. The van der Waals surface area contributed by atoms with Crippen molar-refractivity contribution in [1.29, 1.82) is 0 Å². The molecule has 0 radical (unpaired) electrons. The SMILES string of the molecule is CCNc1ccc(S(=O)(=O)N2CCOCC2)cc1NC(=O)C1CCCNC1.Cl. The van der Waals surface area contributed by atoms with Crippen LogP contribution in [0.4, 0.5) is 11.4 Å². The fourth-order valence-electron chi connectivity index (χ4n) is 3.38. The first kappa shape index (κ1) is 22.9. The average Bonchev–Trinajstić information content (AvgIpc) is 2.70. The van der Waals surface area contributed by atoms with Crippen molar-refractivity contribution in [2.75, 3.05) is 56.6 Å². The van der Waals surface area contributed by atoms with Crippen molar-refractivity contribution >= 4 is 39.7 Å². The molecule has 2 aliphatic rings. The normalized spacial score (nSPS) is 20.8. The number of hydrogen-bond donors (Lipinski definition) is 3. The highest BCUT2D eigenvalue weighted by atomic mass is 35.5. The predicted octanol–water partition coefficient (Wildman–Crippen LogP) is 1.50. The van der Waals surface area contributed by atoms with Crippen LogP contribution in [-0.2, 0) is 19.6 Å². The monoisotopic (exact) mass is 432 g/mol. The number of amides is 1. The van der Waals surface area contributed by atoms with Gasteiger partial charge in [0, 0.05) is 26.2 Å². The zero-order chi connectivity index (χ0) is 19.3. The Morgan fingerprint density at radius 2 is 2.04 bits per heavy atom. The van der Waals surface area contributed by atoms with Crippen LogP contribution in [0.15, 0.2) is 23.1 Å². The standard InChI is InChI=1S/C18H28N4O4S.ClH/c1-2-20-16-6-5-15(27(24,25)22-8-10-26-11-9-22)12-17(16)21-18(23)14-4-3-7-19-13-14;/h5-6,12,14,19-20H,2-4,7-11,13H2,1H3,(H,21,23);1H. The Morgan fingerprint density at radius 3 is 2.68 bits per heavy atom. The number of benzene rings is 1. The highest BCUT2D eigenvalue weighted by molar-refractivity contribution is 7.89. The molecule has 1 atom stereocenters. The third-order valence-corrected chi connectivity index (χ3v) is 6.79. The van der Waals surface area contributed by atoms with Crippen LogP contribution in [0.3, 0.4) is 0 Å². The number of hydrogen-bond acceptors (Lipinski definition) is 6. The van der Waals surface area contributed by atoms with Crippen LogP contribution in [0.25, 0.3) is 0 Å². The molecule has 0 spiro atoms. The highest BCUT2D eigenvalue weighted by Gasteiger charge is 2.28. The number of nitrogens with zero attached hydrogens (tertiary/aromatic N) is 1. The topological polar surface area (TPSA) is 99.8 Å². The van der Waals surface area contributed by atoms with Gasteiger partial charge < -0.3 is 20.7 Å². The molecule has 1 amide bonds. The van der Waals surface area contributed by atoms with Crippen LogP contribution < -0.4 is 16.0 Å². The van der Waals surface area contributed by atoms with E-state index in [9.17, 15) is 13.2 Å². The minimum atomic E-state index is -3.61. The number of morpholine rings is 1. The maximum atomic E-state index is 12.9. The van der Waals surface area contributed by atoms with Crippen LogP contribution in [0, 0.1) is 5.92 Å². The zero-order valence-electron chi connectivity index (χ0n) is 16.1. The molecule has 3 N–H and O–H groups in total. The highest BCUT2D eigenvalue weighted by Crippen LogP contribution is 2.28. The van der Waals surface area contributed by atoms with Crippen molar-refractivity contribution in [3.05, 3.63) is 18.2 Å². The first-order chi connectivity index (χ1) is 13.0. The smallest absolute Gasteiger partial charge is 0.243 e. The third kappa shape index (κ3) is 5.36. The van der Waals surface area contributed by atoms with Gasteiger partial charge in [-0.15, -0.1) is 12.4 Å². The van der Waals surface area contributed by atoms with Crippen molar-refractivity contribution in [2.24, 2.45) is 5.92 Å². The third-order valence-electron chi connectivity index (χ3n) is 4.89. The van der Waals surface area contributed by atoms with E-state index in [0.29, 0.717) is 45.1 Å². The van der Waals surface area contributed by atoms with Gasteiger partial charge in [-0.1, -0.05) is 0 Å². The fraction of sp³-hybridized carbons (Fsp3) is 0.611. The van der Waals surface area contributed by atoms with Gasteiger partial charge in [0.05, 0.1) is 35.4 Å². The minimum Gasteiger partial charge on any atom is -0.384 e. The molecule has 0 saturated carbocycles. The summed E-state index contributed by atoms with van der Waals surface area (Å²) in [4.78, 5) is 12.8. The van der Waals surface area contributed by atoms with Crippen molar-refractivity contribution < 1.29 is 17.9 Å². The molecular formula is C18H29ClN4O4S. The number of nitrogens with one attached hydrogen (secondary N) is 3. The van der Waals surface area contributed by atoms with Gasteiger partial charge in [0.2, 0.25) is 15.9 Å². The summed E-state index contributed by atoms with van der Waals surface area (Å²) in [6.45, 7) is 5.67. The Morgan fingerprint density at radius 1 is 1.29 bits per heavy atom. The molecule has 2 heterocycles. The van der Waals surface area contributed by atoms with Crippen molar-refractivity contribution in [1.82, 2.24) is 9.62 Å². The van der Waals surface area contributed by atoms with E-state index in [2.05, 4.69) is 16.0 Å². The summed E-state index contributed by atoms with van der Waals surface area (Å²) >= 11 is 0. The molecule has 1 aromatic rings. The van der Waals surface area contributed by atoms with Gasteiger partial charge in [0.15, 0.2) is 0 Å². The number of piperidine rings is 1. The van der Waals surface area contributed by atoms with Crippen molar-refractivity contribution in [3.63, 3.8) is 0 Å². The quantitative estimate of drug-likeness (QED) is 0.630. The van der Waals surface area contributed by atoms with Gasteiger partial charge in [-0.3, -0.25) is 4.79 Å². The van der Waals surface area contributed by atoms with Crippen LogP contribution in [-0.4, -0.2) is 64.6 Å². The molecule has 0 aromatic heterocycles. The molecule has 3 rings (SSSR count). The summed E-state index contributed by atoms with van der Waals surface area (Å²) in [5.41, 5.74) is 1.22. The molecule has 10 heteroatoms. The second-order valence-electron chi connectivity index (χ2n) is 6.79. The van der Waals surface area contributed by atoms with Crippen molar-refractivity contribution in [3.8, 4) is 0 Å². The number of carbonyl (C=O) groups is 1. The molecule has 0 bridgehead atoms. The van der Waals surface area contributed by atoms with Gasteiger partial charge >= 0.3 is 0 Å². The number of carbonyl (C=O) groups excluding carboxylic acids is 1. The number of ether oxygens (including phenoxy) is 1. The van der Waals surface area contributed by atoms with Gasteiger partial charge in [-0.25, -0.2) is 8.42 Å². The van der Waals surface area contributed by atoms with Crippen LogP contribution >= 0.6 is 12.4 Å². The van der Waals surface area contributed by atoms with Crippen molar-refractivity contribution in [2.45, 2.75) is 24.7 Å². The lowest BCUT2D eigenvalue weighted by Crippen LogP contribution is -2.40. The molecule has 158 valence electrons. The molecule has 1 aromatic carbocycles. The summed E-state index contributed by atoms with van der Waals surface area (Å²) in [5, 5.41) is 9.34.